The van der Waals surface area contributed by atoms with E-state index >= 15 is 0 Å². The van der Waals surface area contributed by atoms with E-state index in [0.29, 0.717) is 32.5 Å². The normalized spacial score (nSPS) is 21.2. The molecular weight excluding hydrogens is 345 g/mol. The van der Waals surface area contributed by atoms with Crippen LogP contribution in [0.15, 0.2) is 12.4 Å². The number of piperidine rings is 1. The van der Waals surface area contributed by atoms with Gasteiger partial charge in [-0.15, -0.1) is 0 Å². The molecule has 10 heteroatoms. The fraction of sp³-hybridized carbons (Fsp3) is 0.562. The summed E-state index contributed by atoms with van der Waals surface area (Å²) in [5, 5.41) is 0. The largest absolute Gasteiger partial charge is 0.458 e. The molecule has 2 saturated heterocycles. The number of likely N-dealkylation sites (N-methyl/N-ethyl adjacent to an activating group) is 1. The van der Waals surface area contributed by atoms with Crippen LogP contribution < -0.4 is 4.74 Å². The number of rotatable bonds is 3. The van der Waals surface area contributed by atoms with Gasteiger partial charge >= 0.3 is 23.9 Å². The summed E-state index contributed by atoms with van der Waals surface area (Å²) in [5.74, 6) is -2.02. The van der Waals surface area contributed by atoms with Crippen molar-refractivity contribution in [2.45, 2.75) is 25.9 Å². The smallest absolute Gasteiger partial charge is 0.327 e. The Bertz CT molecular complexity index is 698. The minimum atomic E-state index is -0.798. The number of piperazine rings is 1. The fourth-order valence-corrected chi connectivity index (χ4v) is 3.05. The lowest BCUT2D eigenvalue weighted by Crippen LogP contribution is -2.60. The number of halogens is 1. The molecule has 1 atom stereocenters. The Labute approximate surface area is 149 Å². The summed E-state index contributed by atoms with van der Waals surface area (Å²) in [6.07, 6.45) is 3.01. The molecule has 2 aliphatic rings. The SMILES string of the molecule is CCN1CCN(C(=O)N2CCCC(Oc3ncc(F)cn3)C2)C(=O)C1=O. The van der Waals surface area contributed by atoms with Crippen LogP contribution in [-0.4, -0.2) is 81.3 Å². The Balaban J connectivity index is 1.62. The zero-order chi connectivity index (χ0) is 18.7. The number of likely N-dealkylation sites (tertiary alicyclic amines) is 1. The van der Waals surface area contributed by atoms with Crippen molar-refractivity contribution in [1.29, 1.82) is 0 Å². The van der Waals surface area contributed by atoms with E-state index in [1.54, 1.807) is 6.92 Å². The Hall–Kier alpha value is -2.78. The van der Waals surface area contributed by atoms with Crippen molar-refractivity contribution in [2.75, 3.05) is 32.7 Å². The van der Waals surface area contributed by atoms with Gasteiger partial charge in [0, 0.05) is 26.2 Å². The van der Waals surface area contributed by atoms with Crippen molar-refractivity contribution in [3.8, 4) is 6.01 Å². The van der Waals surface area contributed by atoms with E-state index in [1.165, 1.54) is 9.80 Å². The first-order valence-electron chi connectivity index (χ1n) is 8.53. The molecule has 2 aliphatic heterocycles. The van der Waals surface area contributed by atoms with Gasteiger partial charge in [0.2, 0.25) is 0 Å². The second-order valence-electron chi connectivity index (χ2n) is 6.14. The molecule has 9 nitrogen and oxygen atoms in total. The summed E-state index contributed by atoms with van der Waals surface area (Å²) in [6, 6.07) is -0.457. The molecule has 3 rings (SSSR count). The molecule has 0 aliphatic carbocycles. The van der Waals surface area contributed by atoms with Crippen LogP contribution in [0.2, 0.25) is 0 Å². The van der Waals surface area contributed by atoms with E-state index in [9.17, 15) is 18.8 Å². The summed E-state index contributed by atoms with van der Waals surface area (Å²) >= 11 is 0. The number of hydrogen-bond donors (Lipinski definition) is 0. The summed E-state index contributed by atoms with van der Waals surface area (Å²) in [7, 11) is 0. The number of carbonyl (C=O) groups is 3. The maximum Gasteiger partial charge on any atom is 0.327 e. The average Bonchev–Trinajstić information content (AvgIpc) is 2.65. The van der Waals surface area contributed by atoms with Crippen molar-refractivity contribution in [3.63, 3.8) is 0 Å². The van der Waals surface area contributed by atoms with Crippen LogP contribution in [0, 0.1) is 5.82 Å². The van der Waals surface area contributed by atoms with Crippen LogP contribution >= 0.6 is 0 Å². The minimum absolute atomic E-state index is 0.0357. The predicted molar refractivity (Wildman–Crippen MR) is 86.6 cm³/mol. The highest BCUT2D eigenvalue weighted by Gasteiger charge is 2.38. The number of nitrogens with zero attached hydrogens (tertiary/aromatic N) is 5. The highest BCUT2D eigenvalue weighted by molar-refractivity contribution is 6.38. The van der Waals surface area contributed by atoms with Gasteiger partial charge in [-0.2, -0.15) is 0 Å². The van der Waals surface area contributed by atoms with Gasteiger partial charge in [-0.05, 0) is 19.8 Å². The number of carbonyl (C=O) groups excluding carboxylic acids is 3. The molecule has 0 radical (unpaired) electrons. The molecule has 2 fully saturated rings. The first kappa shape index (κ1) is 18.0. The third-order valence-corrected chi connectivity index (χ3v) is 4.44. The van der Waals surface area contributed by atoms with Crippen molar-refractivity contribution in [3.05, 3.63) is 18.2 Å². The Morgan fingerprint density at radius 3 is 2.65 bits per heavy atom. The maximum absolute atomic E-state index is 12.9. The minimum Gasteiger partial charge on any atom is -0.458 e. The third kappa shape index (κ3) is 3.73. The van der Waals surface area contributed by atoms with E-state index < -0.39 is 23.7 Å². The molecule has 26 heavy (non-hydrogen) atoms. The molecule has 0 aromatic carbocycles. The Kier molecular flexibility index (Phi) is 5.29. The maximum atomic E-state index is 12.9. The van der Waals surface area contributed by atoms with Crippen LogP contribution in [0.5, 0.6) is 6.01 Å². The molecular formula is C16H20FN5O4. The van der Waals surface area contributed by atoms with Gasteiger partial charge in [0.25, 0.3) is 0 Å². The lowest BCUT2D eigenvalue weighted by atomic mass is 10.1. The number of imide groups is 1. The standard InChI is InChI=1S/C16H20FN5O4/c1-2-20-6-7-22(14(24)13(20)23)16(25)21-5-3-4-12(10-21)26-15-18-8-11(17)9-19-15/h8-9,12H,2-7,10H2,1H3. The van der Waals surface area contributed by atoms with Crippen LogP contribution in [0.3, 0.4) is 0 Å². The molecule has 140 valence electrons. The van der Waals surface area contributed by atoms with Crippen molar-refractivity contribution in [1.82, 2.24) is 24.7 Å². The van der Waals surface area contributed by atoms with E-state index in [0.717, 1.165) is 17.3 Å². The summed E-state index contributed by atoms with van der Waals surface area (Å²) in [5.41, 5.74) is 0. The molecule has 1 aromatic heterocycles. The van der Waals surface area contributed by atoms with Crippen molar-refractivity contribution >= 4 is 17.8 Å². The summed E-state index contributed by atoms with van der Waals surface area (Å²) < 4.78 is 18.5. The number of amides is 4. The van der Waals surface area contributed by atoms with Gasteiger partial charge in [0.1, 0.15) is 6.10 Å². The van der Waals surface area contributed by atoms with E-state index in [1.807, 2.05) is 0 Å². The molecule has 1 aromatic rings. The number of aromatic nitrogens is 2. The lowest BCUT2D eigenvalue weighted by molar-refractivity contribution is -0.154. The Morgan fingerprint density at radius 2 is 1.96 bits per heavy atom. The first-order chi connectivity index (χ1) is 12.5. The van der Waals surface area contributed by atoms with Crippen LogP contribution in [0.25, 0.3) is 0 Å². The monoisotopic (exact) mass is 365 g/mol. The second-order valence-corrected chi connectivity index (χ2v) is 6.14. The van der Waals surface area contributed by atoms with Crippen LogP contribution in [0.4, 0.5) is 9.18 Å². The Morgan fingerprint density at radius 1 is 1.23 bits per heavy atom. The third-order valence-electron chi connectivity index (χ3n) is 4.44. The average molecular weight is 365 g/mol. The quantitative estimate of drug-likeness (QED) is 0.714. The summed E-state index contributed by atoms with van der Waals surface area (Å²) in [4.78, 5) is 48.2. The lowest BCUT2D eigenvalue weighted by Gasteiger charge is -2.38. The molecule has 0 spiro atoms. The topological polar surface area (TPSA) is 95.9 Å². The zero-order valence-corrected chi connectivity index (χ0v) is 14.4. The van der Waals surface area contributed by atoms with Crippen LogP contribution in [-0.2, 0) is 9.59 Å². The number of urea groups is 1. The highest BCUT2D eigenvalue weighted by Crippen LogP contribution is 2.18. The van der Waals surface area contributed by atoms with Gasteiger partial charge in [0.15, 0.2) is 5.82 Å². The van der Waals surface area contributed by atoms with Crippen molar-refractivity contribution < 1.29 is 23.5 Å². The van der Waals surface area contributed by atoms with E-state index in [-0.39, 0.29) is 25.2 Å². The molecule has 0 saturated carbocycles. The zero-order valence-electron chi connectivity index (χ0n) is 14.4. The molecule has 1 unspecified atom stereocenters. The second kappa shape index (κ2) is 7.63. The van der Waals surface area contributed by atoms with Crippen molar-refractivity contribution in [2.24, 2.45) is 0 Å². The fourth-order valence-electron chi connectivity index (χ4n) is 3.05. The molecule has 0 N–H and O–H groups in total. The molecule has 4 amide bonds. The molecule has 3 heterocycles. The molecule has 0 bridgehead atoms. The van der Waals surface area contributed by atoms with Gasteiger partial charge < -0.3 is 14.5 Å². The first-order valence-corrected chi connectivity index (χ1v) is 8.53. The van der Waals surface area contributed by atoms with Gasteiger partial charge in [-0.1, -0.05) is 0 Å². The summed E-state index contributed by atoms with van der Waals surface area (Å²) in [6.45, 7) is 3.45. The predicted octanol–water partition coefficient (Wildman–Crippen LogP) is 0.270. The van der Waals surface area contributed by atoms with Crippen LogP contribution in [0.1, 0.15) is 19.8 Å². The number of ether oxygens (including phenoxy) is 1. The van der Waals surface area contributed by atoms with Gasteiger partial charge in [-0.3, -0.25) is 14.5 Å². The number of hydrogen-bond acceptors (Lipinski definition) is 6. The van der Waals surface area contributed by atoms with E-state index in [2.05, 4.69) is 9.97 Å². The highest BCUT2D eigenvalue weighted by atomic mass is 19.1. The van der Waals surface area contributed by atoms with E-state index in [4.69, 9.17) is 4.74 Å². The van der Waals surface area contributed by atoms with Gasteiger partial charge in [-0.25, -0.2) is 19.2 Å². The van der Waals surface area contributed by atoms with Gasteiger partial charge in [0.05, 0.1) is 18.9 Å².